The van der Waals surface area contributed by atoms with Crippen LogP contribution in [-0.4, -0.2) is 20.5 Å². The van der Waals surface area contributed by atoms with E-state index in [1.54, 1.807) is 0 Å². The Hall–Kier alpha value is -0.990. The Labute approximate surface area is 95.2 Å². The van der Waals surface area contributed by atoms with Gasteiger partial charge in [-0.05, 0) is 0 Å². The molecule has 0 aliphatic rings. The first-order chi connectivity index (χ1) is 7.29. The summed E-state index contributed by atoms with van der Waals surface area (Å²) < 4.78 is 51.8. The van der Waals surface area contributed by atoms with Crippen molar-refractivity contribution in [3.05, 3.63) is 16.8 Å². The zero-order valence-electron chi connectivity index (χ0n) is 7.95. The number of nitrogens with two attached hydrogens (primary N) is 1. The fraction of sp³-hybridized carbons (Fsp3) is 0.286. The largest absolute Gasteiger partial charge is 0.495 e. The smallest absolute Gasteiger partial charge is 0.269 e. The third-order valence-electron chi connectivity index (χ3n) is 1.70. The number of ether oxygens (including phenoxy) is 1. The van der Waals surface area contributed by atoms with Gasteiger partial charge < -0.3 is 4.74 Å². The van der Waals surface area contributed by atoms with E-state index in [-0.39, 0.29) is 5.75 Å². The zero-order chi connectivity index (χ0) is 12.5. The molecule has 1 heterocycles. The average Bonchev–Trinajstić information content (AvgIpc) is 2.14. The third kappa shape index (κ3) is 2.39. The van der Waals surface area contributed by atoms with Gasteiger partial charge in [0.1, 0.15) is 5.75 Å². The van der Waals surface area contributed by atoms with E-state index in [2.05, 4.69) is 9.72 Å². The molecule has 1 aromatic rings. The summed E-state index contributed by atoms with van der Waals surface area (Å²) in [6.07, 6.45) is -2.17. The number of alkyl halides is 2. The van der Waals surface area contributed by atoms with Crippen molar-refractivity contribution in [3.8, 4) is 5.75 Å². The Morgan fingerprint density at radius 2 is 2.12 bits per heavy atom. The van der Waals surface area contributed by atoms with E-state index < -0.39 is 32.1 Å². The summed E-state index contributed by atoms with van der Waals surface area (Å²) in [7, 11) is -3.11. The molecule has 9 heteroatoms. The number of halogens is 3. The minimum atomic E-state index is -4.25. The van der Waals surface area contributed by atoms with Gasteiger partial charge in [-0.1, -0.05) is 11.6 Å². The van der Waals surface area contributed by atoms with Gasteiger partial charge in [-0.2, -0.15) is 0 Å². The summed E-state index contributed by atoms with van der Waals surface area (Å²) in [5, 5.41) is 3.23. The summed E-state index contributed by atoms with van der Waals surface area (Å²) in [5.74, 6) is -0.299. The van der Waals surface area contributed by atoms with Gasteiger partial charge in [0, 0.05) is 0 Å². The predicted octanol–water partition coefficient (Wildman–Crippen LogP) is 1.33. The van der Waals surface area contributed by atoms with E-state index in [9.17, 15) is 17.2 Å². The van der Waals surface area contributed by atoms with E-state index in [1.807, 2.05) is 0 Å². The quantitative estimate of drug-likeness (QED) is 0.900. The first-order valence-electron chi connectivity index (χ1n) is 3.82. The maximum atomic E-state index is 12.6. The number of sulfonamides is 1. The number of hydrogen-bond donors (Lipinski definition) is 1. The molecule has 1 rings (SSSR count). The summed E-state index contributed by atoms with van der Waals surface area (Å²) in [6.45, 7) is 0. The number of nitrogens with zero attached hydrogens (tertiary/aromatic N) is 1. The Balaban J connectivity index is 3.57. The van der Waals surface area contributed by atoms with Gasteiger partial charge in [-0.3, -0.25) is 0 Å². The summed E-state index contributed by atoms with van der Waals surface area (Å²) in [4.78, 5) is 3.36. The van der Waals surface area contributed by atoms with Crippen molar-refractivity contribution >= 4 is 21.6 Å². The number of methoxy groups -OCH3 is 1. The first kappa shape index (κ1) is 13.1. The first-order valence-corrected chi connectivity index (χ1v) is 5.74. The molecular weight excluding hydrogens is 266 g/mol. The molecule has 0 unspecified atom stereocenters. The second-order valence-electron chi connectivity index (χ2n) is 2.71. The minimum Gasteiger partial charge on any atom is -0.495 e. The number of primary sulfonamides is 1. The number of pyridine rings is 1. The van der Waals surface area contributed by atoms with Crippen molar-refractivity contribution in [2.45, 2.75) is 11.5 Å². The lowest BCUT2D eigenvalue weighted by molar-refractivity contribution is 0.146. The van der Waals surface area contributed by atoms with Crippen LogP contribution in [0.5, 0.6) is 5.75 Å². The monoisotopic (exact) mass is 272 g/mol. The lowest BCUT2D eigenvalue weighted by atomic mass is 10.2. The minimum absolute atomic E-state index is 0.299. The topological polar surface area (TPSA) is 82.3 Å². The highest BCUT2D eigenvalue weighted by molar-refractivity contribution is 7.89. The lowest BCUT2D eigenvalue weighted by Crippen LogP contribution is -2.15. The van der Waals surface area contributed by atoms with Crippen molar-refractivity contribution in [2.24, 2.45) is 5.14 Å². The summed E-state index contributed by atoms with van der Waals surface area (Å²) >= 11 is 5.49. The van der Waals surface area contributed by atoms with Gasteiger partial charge in [0.15, 0.2) is 5.03 Å². The van der Waals surface area contributed by atoms with Crippen molar-refractivity contribution in [2.75, 3.05) is 7.11 Å². The molecule has 0 atom stereocenters. The van der Waals surface area contributed by atoms with E-state index in [4.69, 9.17) is 16.7 Å². The van der Waals surface area contributed by atoms with E-state index >= 15 is 0 Å². The molecule has 0 bridgehead atoms. The molecule has 16 heavy (non-hydrogen) atoms. The molecule has 0 fully saturated rings. The lowest BCUT2D eigenvalue weighted by Gasteiger charge is -2.11. The highest BCUT2D eigenvalue weighted by Gasteiger charge is 2.26. The molecule has 0 saturated heterocycles. The Morgan fingerprint density at radius 1 is 1.56 bits per heavy atom. The molecule has 0 saturated carbocycles. The molecule has 0 aliphatic carbocycles. The van der Waals surface area contributed by atoms with E-state index in [1.165, 1.54) is 0 Å². The number of hydrogen-bond acceptors (Lipinski definition) is 4. The van der Waals surface area contributed by atoms with Crippen LogP contribution in [0, 0.1) is 0 Å². The molecule has 2 N–H and O–H groups in total. The van der Waals surface area contributed by atoms with Crippen molar-refractivity contribution in [1.29, 1.82) is 0 Å². The fourth-order valence-corrected chi connectivity index (χ4v) is 2.14. The summed E-state index contributed by atoms with van der Waals surface area (Å²) in [6, 6.07) is 0. The van der Waals surface area contributed by atoms with Crippen LogP contribution in [0.4, 0.5) is 8.78 Å². The Bertz CT molecular complexity index is 507. The third-order valence-corrected chi connectivity index (χ3v) is 3.04. The van der Waals surface area contributed by atoms with Crippen molar-refractivity contribution < 1.29 is 21.9 Å². The summed E-state index contributed by atoms with van der Waals surface area (Å²) in [5.41, 5.74) is -0.747. The Morgan fingerprint density at radius 3 is 2.50 bits per heavy atom. The number of rotatable bonds is 3. The molecular formula is C7H7ClF2N2O3S. The molecule has 5 nitrogen and oxygen atoms in total. The van der Waals surface area contributed by atoms with Gasteiger partial charge in [-0.25, -0.2) is 27.3 Å². The van der Waals surface area contributed by atoms with Crippen molar-refractivity contribution in [1.82, 2.24) is 4.98 Å². The highest BCUT2D eigenvalue weighted by Crippen LogP contribution is 2.37. The van der Waals surface area contributed by atoms with Gasteiger partial charge in [0.25, 0.3) is 16.4 Å². The van der Waals surface area contributed by atoms with Crippen molar-refractivity contribution in [3.63, 3.8) is 0 Å². The van der Waals surface area contributed by atoms with Crippen LogP contribution in [0.2, 0.25) is 5.02 Å². The van der Waals surface area contributed by atoms with E-state index in [0.29, 0.717) is 0 Å². The van der Waals surface area contributed by atoms with Crippen LogP contribution < -0.4 is 9.88 Å². The van der Waals surface area contributed by atoms with Crippen LogP contribution in [-0.2, 0) is 10.0 Å². The van der Waals surface area contributed by atoms with Crippen LogP contribution in [0.15, 0.2) is 11.2 Å². The van der Waals surface area contributed by atoms with Gasteiger partial charge >= 0.3 is 0 Å². The molecule has 0 amide bonds. The van der Waals surface area contributed by atoms with Gasteiger partial charge in [0.2, 0.25) is 0 Å². The van der Waals surface area contributed by atoms with Crippen LogP contribution >= 0.6 is 11.6 Å². The fourth-order valence-electron chi connectivity index (χ4n) is 1.03. The predicted molar refractivity (Wildman–Crippen MR) is 52.1 cm³/mol. The second kappa shape index (κ2) is 4.48. The molecule has 1 aromatic heterocycles. The molecule has 90 valence electrons. The molecule has 0 radical (unpaired) electrons. The Kier molecular flexibility index (Phi) is 3.66. The average molecular weight is 273 g/mol. The normalized spacial score (nSPS) is 11.9. The van der Waals surface area contributed by atoms with Crippen LogP contribution in [0.25, 0.3) is 0 Å². The van der Waals surface area contributed by atoms with Gasteiger partial charge in [0.05, 0.1) is 23.9 Å². The maximum Gasteiger partial charge on any atom is 0.269 e. The maximum absolute atomic E-state index is 12.6. The van der Waals surface area contributed by atoms with Gasteiger partial charge in [-0.15, -0.1) is 0 Å². The molecule has 0 spiro atoms. The van der Waals surface area contributed by atoms with E-state index in [0.717, 1.165) is 13.3 Å². The highest BCUT2D eigenvalue weighted by atomic mass is 35.5. The standard InChI is InChI=1S/C7H7ClF2N2O3S/c1-15-3-2-12-7(16(11,13)14)5(8)4(3)6(9)10/h2,6H,1H3,(H2,11,13,14). The van der Waals surface area contributed by atoms with Crippen LogP contribution in [0.3, 0.4) is 0 Å². The zero-order valence-corrected chi connectivity index (χ0v) is 9.52. The second-order valence-corrected chi connectivity index (χ2v) is 4.56. The molecule has 0 aromatic carbocycles. The van der Waals surface area contributed by atoms with Crippen LogP contribution in [0.1, 0.15) is 12.0 Å². The SMILES string of the molecule is COc1cnc(S(N)(=O)=O)c(Cl)c1C(F)F. The molecule has 0 aliphatic heterocycles. The number of aromatic nitrogens is 1.